The summed E-state index contributed by atoms with van der Waals surface area (Å²) >= 11 is 5.99. The van der Waals surface area contributed by atoms with Crippen molar-refractivity contribution < 1.29 is 14.3 Å². The monoisotopic (exact) mass is 434 g/mol. The minimum Gasteiger partial charge on any atom is -0.481 e. The van der Waals surface area contributed by atoms with Crippen LogP contribution in [0.3, 0.4) is 0 Å². The number of anilines is 1. The van der Waals surface area contributed by atoms with Crippen LogP contribution in [0.15, 0.2) is 61.1 Å². The summed E-state index contributed by atoms with van der Waals surface area (Å²) in [7, 11) is 1.48. The second-order valence-electron chi connectivity index (χ2n) is 6.94. The molecular weight excluding hydrogens is 416 g/mol. The number of amides is 1. The molecule has 1 amide bonds. The Morgan fingerprint density at radius 2 is 1.90 bits per heavy atom. The lowest BCUT2D eigenvalue weighted by atomic mass is 10.1. The summed E-state index contributed by atoms with van der Waals surface area (Å²) in [4.78, 5) is 34.1. The highest BCUT2D eigenvalue weighted by atomic mass is 35.5. The van der Waals surface area contributed by atoms with Crippen molar-refractivity contribution in [3.63, 3.8) is 0 Å². The van der Waals surface area contributed by atoms with Gasteiger partial charge in [-0.2, -0.15) is 0 Å². The number of pyridine rings is 2. The molecule has 0 spiro atoms. The van der Waals surface area contributed by atoms with E-state index in [0.29, 0.717) is 39.8 Å². The van der Waals surface area contributed by atoms with E-state index in [1.807, 2.05) is 35.8 Å². The minimum absolute atomic E-state index is 0.340. The van der Waals surface area contributed by atoms with Gasteiger partial charge in [-0.3, -0.25) is 14.6 Å². The largest absolute Gasteiger partial charge is 0.481 e. The number of ketones is 1. The number of nitrogens with zero attached hydrogens (tertiary/aromatic N) is 3. The van der Waals surface area contributed by atoms with Gasteiger partial charge in [-0.1, -0.05) is 23.7 Å². The molecule has 3 heterocycles. The summed E-state index contributed by atoms with van der Waals surface area (Å²) in [6, 6.07) is 12.4. The van der Waals surface area contributed by atoms with E-state index in [1.54, 1.807) is 30.6 Å². The number of hydrogen-bond donors (Lipinski definition) is 1. The van der Waals surface area contributed by atoms with E-state index < -0.39 is 11.7 Å². The van der Waals surface area contributed by atoms with Crippen LogP contribution < -0.4 is 10.1 Å². The topological polar surface area (TPSA) is 86.1 Å². The van der Waals surface area contributed by atoms with Crippen LogP contribution in [0.25, 0.3) is 10.9 Å². The normalized spacial score (nSPS) is 10.8. The number of fused-ring (bicyclic) bond motifs is 1. The van der Waals surface area contributed by atoms with Crippen molar-refractivity contribution in [1.29, 1.82) is 0 Å². The van der Waals surface area contributed by atoms with Gasteiger partial charge in [-0.15, -0.1) is 0 Å². The van der Waals surface area contributed by atoms with E-state index in [1.165, 1.54) is 13.3 Å². The van der Waals surface area contributed by atoms with Gasteiger partial charge in [0, 0.05) is 46.8 Å². The van der Waals surface area contributed by atoms with Gasteiger partial charge in [0.1, 0.15) is 0 Å². The Morgan fingerprint density at radius 1 is 1.13 bits per heavy atom. The number of carbonyl (C=O) groups excluding carboxylic acids is 2. The van der Waals surface area contributed by atoms with Crippen LogP contribution >= 0.6 is 11.6 Å². The quantitative estimate of drug-likeness (QED) is 0.361. The van der Waals surface area contributed by atoms with Crippen LogP contribution in [0.1, 0.15) is 21.6 Å². The van der Waals surface area contributed by atoms with E-state index >= 15 is 0 Å². The maximum Gasteiger partial charge on any atom is 0.296 e. The molecule has 7 nitrogen and oxygen atoms in total. The van der Waals surface area contributed by atoms with Crippen molar-refractivity contribution in [2.45, 2.75) is 13.5 Å². The number of aromatic nitrogens is 3. The lowest BCUT2D eigenvalue weighted by Crippen LogP contribution is -2.23. The fourth-order valence-corrected chi connectivity index (χ4v) is 3.61. The molecule has 8 heteroatoms. The van der Waals surface area contributed by atoms with Crippen LogP contribution in [0.4, 0.5) is 5.69 Å². The van der Waals surface area contributed by atoms with Crippen LogP contribution in [0.5, 0.6) is 5.88 Å². The fraction of sp³-hybridized carbons (Fsp3) is 0.130. The van der Waals surface area contributed by atoms with Gasteiger partial charge in [0.2, 0.25) is 5.88 Å². The average Bonchev–Trinajstić information content (AvgIpc) is 3.06. The Labute approximate surface area is 183 Å². The van der Waals surface area contributed by atoms with Gasteiger partial charge in [0.15, 0.2) is 0 Å². The molecule has 0 radical (unpaired) electrons. The number of halogens is 1. The molecule has 0 bridgehead atoms. The first-order valence-electron chi connectivity index (χ1n) is 9.51. The van der Waals surface area contributed by atoms with Crippen LogP contribution in [0, 0.1) is 6.92 Å². The summed E-state index contributed by atoms with van der Waals surface area (Å²) in [5.74, 6) is -1.02. The number of rotatable bonds is 6. The molecule has 1 aromatic carbocycles. The zero-order valence-corrected chi connectivity index (χ0v) is 17.7. The molecule has 4 rings (SSSR count). The van der Waals surface area contributed by atoms with Crippen molar-refractivity contribution in [2.24, 2.45) is 0 Å². The predicted molar refractivity (Wildman–Crippen MR) is 119 cm³/mol. The lowest BCUT2D eigenvalue weighted by Gasteiger charge is -2.09. The Hall–Kier alpha value is -3.71. The Morgan fingerprint density at radius 3 is 2.65 bits per heavy atom. The van der Waals surface area contributed by atoms with Gasteiger partial charge in [-0.05, 0) is 36.8 Å². The molecule has 156 valence electrons. The lowest BCUT2D eigenvalue weighted by molar-refractivity contribution is -0.112. The third-order valence-electron chi connectivity index (χ3n) is 5.02. The van der Waals surface area contributed by atoms with E-state index in [9.17, 15) is 9.59 Å². The summed E-state index contributed by atoms with van der Waals surface area (Å²) in [6.45, 7) is 2.34. The molecular formula is C23H19ClN4O3. The van der Waals surface area contributed by atoms with E-state index in [2.05, 4.69) is 15.3 Å². The molecule has 0 saturated carbocycles. The number of hydrogen-bond acceptors (Lipinski definition) is 5. The SMILES string of the molecule is COc1cc(NC(=O)C(=O)c2c(C)n(Cc3ccc(Cl)cc3)c3cnccc23)ccn1. The molecule has 0 unspecified atom stereocenters. The second-order valence-corrected chi connectivity index (χ2v) is 7.37. The standard InChI is InChI=1S/C23H19ClN4O3/c1-14-21(22(29)23(30)27-17-7-10-26-20(11-17)31-2)18-8-9-25-12-19(18)28(14)13-15-3-5-16(24)6-4-15/h3-12H,13H2,1-2H3,(H,26,27,30). The van der Waals surface area contributed by atoms with Gasteiger partial charge in [0.05, 0.1) is 24.4 Å². The van der Waals surface area contributed by atoms with Crippen molar-refractivity contribution in [2.75, 3.05) is 12.4 Å². The third-order valence-corrected chi connectivity index (χ3v) is 5.27. The maximum atomic E-state index is 13.1. The third kappa shape index (κ3) is 4.13. The summed E-state index contributed by atoms with van der Waals surface area (Å²) in [5, 5.41) is 3.95. The minimum atomic E-state index is -0.737. The first-order chi connectivity index (χ1) is 15.0. The Bertz CT molecular complexity index is 1280. The van der Waals surface area contributed by atoms with Crippen molar-refractivity contribution in [3.05, 3.63) is 82.9 Å². The summed E-state index contributed by atoms with van der Waals surface area (Å²) in [6.07, 6.45) is 4.80. The average molecular weight is 435 g/mol. The smallest absolute Gasteiger partial charge is 0.296 e. The molecule has 3 aromatic heterocycles. The number of nitrogens with one attached hydrogen (secondary N) is 1. The molecule has 0 fully saturated rings. The Balaban J connectivity index is 1.69. The number of ether oxygens (including phenoxy) is 1. The van der Waals surface area contributed by atoms with Crippen LogP contribution in [-0.2, 0) is 11.3 Å². The molecule has 0 aliphatic rings. The number of benzene rings is 1. The highest BCUT2D eigenvalue weighted by molar-refractivity contribution is 6.48. The number of carbonyl (C=O) groups is 2. The van der Waals surface area contributed by atoms with Crippen LogP contribution in [0.2, 0.25) is 5.02 Å². The van der Waals surface area contributed by atoms with Crippen molar-refractivity contribution in [1.82, 2.24) is 14.5 Å². The molecule has 31 heavy (non-hydrogen) atoms. The molecule has 0 aliphatic heterocycles. The molecule has 0 aliphatic carbocycles. The van der Waals surface area contributed by atoms with E-state index in [0.717, 1.165) is 11.1 Å². The zero-order chi connectivity index (χ0) is 22.0. The van der Waals surface area contributed by atoms with Gasteiger partial charge >= 0.3 is 0 Å². The molecule has 0 saturated heterocycles. The van der Waals surface area contributed by atoms with Crippen molar-refractivity contribution >= 4 is 39.9 Å². The number of Topliss-reactive ketones (excluding diaryl/α,β-unsaturated/α-hetero) is 1. The van der Waals surface area contributed by atoms with E-state index in [-0.39, 0.29) is 0 Å². The van der Waals surface area contributed by atoms with Gasteiger partial charge < -0.3 is 14.6 Å². The van der Waals surface area contributed by atoms with Gasteiger partial charge in [0.25, 0.3) is 11.7 Å². The fourth-order valence-electron chi connectivity index (χ4n) is 3.49. The predicted octanol–water partition coefficient (Wildman–Crippen LogP) is 4.27. The van der Waals surface area contributed by atoms with Crippen LogP contribution in [-0.4, -0.2) is 33.3 Å². The summed E-state index contributed by atoms with van der Waals surface area (Å²) < 4.78 is 7.03. The Kier molecular flexibility index (Phi) is 5.68. The number of methoxy groups -OCH3 is 1. The maximum absolute atomic E-state index is 13.1. The highest BCUT2D eigenvalue weighted by Crippen LogP contribution is 2.27. The molecule has 0 atom stereocenters. The van der Waals surface area contributed by atoms with Crippen molar-refractivity contribution in [3.8, 4) is 5.88 Å². The van der Waals surface area contributed by atoms with E-state index in [4.69, 9.17) is 16.3 Å². The zero-order valence-electron chi connectivity index (χ0n) is 16.9. The summed E-state index contributed by atoms with van der Waals surface area (Å²) in [5.41, 5.74) is 3.25. The highest BCUT2D eigenvalue weighted by Gasteiger charge is 2.25. The first kappa shape index (κ1) is 20.6. The second kappa shape index (κ2) is 8.57. The van der Waals surface area contributed by atoms with Gasteiger partial charge in [-0.25, -0.2) is 4.98 Å². The molecule has 4 aromatic rings. The molecule has 1 N–H and O–H groups in total. The first-order valence-corrected chi connectivity index (χ1v) is 9.88.